The average molecular weight is 488 g/mol. The third-order valence-electron chi connectivity index (χ3n) is 4.46. The number of H-pyrrole nitrogens is 1. The van der Waals surface area contributed by atoms with E-state index < -0.39 is 0 Å². The number of nitrogens with zero attached hydrogens (tertiary/aromatic N) is 2. The van der Waals surface area contributed by atoms with Crippen LogP contribution in [0.3, 0.4) is 0 Å². The zero-order chi connectivity index (χ0) is 17.8. The van der Waals surface area contributed by atoms with Crippen molar-refractivity contribution in [1.82, 2.24) is 15.0 Å². The van der Waals surface area contributed by atoms with Crippen molar-refractivity contribution in [3.8, 4) is 11.4 Å². The highest BCUT2D eigenvalue weighted by Crippen LogP contribution is 2.38. The van der Waals surface area contributed by atoms with Crippen LogP contribution < -0.4 is 0 Å². The van der Waals surface area contributed by atoms with Crippen LogP contribution in [0.15, 0.2) is 63.5 Å². The minimum absolute atomic E-state index is 0.593. The summed E-state index contributed by atoms with van der Waals surface area (Å²) in [6.45, 7) is 0. The van der Waals surface area contributed by atoms with E-state index in [9.17, 15) is 0 Å². The molecule has 0 fully saturated rings. The molecule has 0 radical (unpaired) electrons. The van der Waals surface area contributed by atoms with Gasteiger partial charge >= 0.3 is 0 Å². The van der Waals surface area contributed by atoms with Gasteiger partial charge in [0.05, 0.1) is 11.0 Å². The first kappa shape index (κ1) is 16.2. The van der Waals surface area contributed by atoms with Gasteiger partial charge in [0.2, 0.25) is 0 Å². The molecule has 0 unspecified atom stereocenters. The summed E-state index contributed by atoms with van der Waals surface area (Å²) in [6.07, 6.45) is 0. The maximum atomic E-state index is 6.21. The molecule has 5 rings (SSSR count). The number of halogens is 3. The second-order valence-corrected chi connectivity index (χ2v) is 8.10. The second kappa shape index (κ2) is 6.05. The second-order valence-electron chi connectivity index (χ2n) is 5.98. The van der Waals surface area contributed by atoms with Gasteiger partial charge in [-0.25, -0.2) is 9.97 Å². The molecule has 1 N–H and O–H groups in total. The Morgan fingerprint density at radius 2 is 1.38 bits per heavy atom. The zero-order valence-electron chi connectivity index (χ0n) is 13.2. The van der Waals surface area contributed by atoms with Crippen LogP contribution in [0, 0.1) is 0 Å². The lowest BCUT2D eigenvalue weighted by molar-refractivity contribution is 1.32. The van der Waals surface area contributed by atoms with Crippen LogP contribution in [0.4, 0.5) is 0 Å². The molecule has 0 aliphatic heterocycles. The molecular weight excluding hydrogens is 478 g/mol. The number of pyridine rings is 1. The third kappa shape index (κ3) is 2.38. The lowest BCUT2D eigenvalue weighted by atomic mass is 10.0. The Labute approximate surface area is 170 Å². The normalized spacial score (nSPS) is 11.7. The van der Waals surface area contributed by atoms with Gasteiger partial charge in [-0.1, -0.05) is 41.9 Å². The predicted octanol–water partition coefficient (Wildman–Crippen LogP) is 7.11. The molecule has 3 nitrogen and oxygen atoms in total. The Morgan fingerprint density at radius 1 is 0.731 bits per heavy atom. The van der Waals surface area contributed by atoms with Gasteiger partial charge in [-0.05, 0) is 56.1 Å². The molecule has 3 aromatic carbocycles. The molecule has 0 saturated carbocycles. The molecule has 2 heterocycles. The molecule has 0 atom stereocenters. The van der Waals surface area contributed by atoms with E-state index in [-0.39, 0.29) is 0 Å². The van der Waals surface area contributed by atoms with Crippen molar-refractivity contribution in [3.05, 3.63) is 68.7 Å². The quantitative estimate of drug-likeness (QED) is 0.202. The Morgan fingerprint density at radius 3 is 2.12 bits per heavy atom. The van der Waals surface area contributed by atoms with E-state index in [4.69, 9.17) is 21.6 Å². The summed E-state index contributed by atoms with van der Waals surface area (Å²) >= 11 is 13.4. The average Bonchev–Trinajstić information content (AvgIpc) is 3.07. The van der Waals surface area contributed by atoms with E-state index >= 15 is 0 Å². The number of hydrogen-bond acceptors (Lipinski definition) is 2. The summed E-state index contributed by atoms with van der Waals surface area (Å²) < 4.78 is 1.90. The highest BCUT2D eigenvalue weighted by molar-refractivity contribution is 9.11. The monoisotopic (exact) mass is 485 g/mol. The Balaban J connectivity index is 1.98. The lowest BCUT2D eigenvalue weighted by Crippen LogP contribution is -1.85. The third-order valence-corrected chi connectivity index (χ3v) is 6.00. The van der Waals surface area contributed by atoms with E-state index in [2.05, 4.69) is 49.0 Å². The summed E-state index contributed by atoms with van der Waals surface area (Å²) in [6, 6.07) is 18.0. The molecule has 0 spiro atoms. The van der Waals surface area contributed by atoms with Crippen molar-refractivity contribution in [3.63, 3.8) is 0 Å². The topological polar surface area (TPSA) is 41.6 Å². The number of benzene rings is 3. The number of fused-ring (bicyclic) bond motifs is 6. The fourth-order valence-corrected chi connectivity index (χ4v) is 4.84. The van der Waals surface area contributed by atoms with Crippen LogP contribution >= 0.6 is 43.5 Å². The number of imidazole rings is 1. The van der Waals surface area contributed by atoms with Gasteiger partial charge in [0, 0.05) is 30.7 Å². The van der Waals surface area contributed by atoms with Crippen molar-refractivity contribution in [1.29, 1.82) is 0 Å². The van der Waals surface area contributed by atoms with Crippen LogP contribution in [0.5, 0.6) is 0 Å². The van der Waals surface area contributed by atoms with Gasteiger partial charge in [-0.2, -0.15) is 0 Å². The molecule has 0 saturated heterocycles. The summed E-state index contributed by atoms with van der Waals surface area (Å²) in [5.74, 6) is 0.687. The number of nitrogens with one attached hydrogen (secondary N) is 1. The minimum atomic E-state index is 0.593. The number of rotatable bonds is 1. The molecule has 5 aromatic rings. The van der Waals surface area contributed by atoms with E-state index in [0.29, 0.717) is 11.0 Å². The van der Waals surface area contributed by atoms with Crippen molar-refractivity contribution in [2.45, 2.75) is 0 Å². The van der Waals surface area contributed by atoms with Gasteiger partial charge in [0.15, 0.2) is 5.82 Å². The first-order valence-electron chi connectivity index (χ1n) is 7.94. The fourth-order valence-electron chi connectivity index (χ4n) is 3.33. The molecule has 0 aliphatic carbocycles. The Kier molecular flexibility index (Phi) is 3.78. The van der Waals surface area contributed by atoms with Crippen molar-refractivity contribution in [2.24, 2.45) is 0 Å². The maximum absolute atomic E-state index is 6.21. The van der Waals surface area contributed by atoms with Gasteiger partial charge in [-0.3, -0.25) is 0 Å². The van der Waals surface area contributed by atoms with E-state index in [1.165, 1.54) is 0 Å². The lowest BCUT2D eigenvalue weighted by Gasteiger charge is -2.06. The highest BCUT2D eigenvalue weighted by Gasteiger charge is 2.18. The van der Waals surface area contributed by atoms with E-state index in [0.717, 1.165) is 47.2 Å². The molecule has 0 aliphatic rings. The molecule has 0 amide bonds. The molecule has 0 bridgehead atoms. The van der Waals surface area contributed by atoms with Gasteiger partial charge in [0.25, 0.3) is 0 Å². The van der Waals surface area contributed by atoms with E-state index in [1.54, 1.807) is 0 Å². The molecule has 2 aromatic heterocycles. The maximum Gasteiger partial charge on any atom is 0.162 e. The fraction of sp³-hybridized carbons (Fsp3) is 0. The minimum Gasteiger partial charge on any atom is -0.345 e. The van der Waals surface area contributed by atoms with Crippen LogP contribution in [-0.2, 0) is 0 Å². The van der Waals surface area contributed by atoms with Crippen LogP contribution in [0.1, 0.15) is 0 Å². The first-order valence-corrected chi connectivity index (χ1v) is 9.91. The molecular formula is C20H10Br2ClN3. The van der Waals surface area contributed by atoms with Crippen molar-refractivity contribution in [2.75, 3.05) is 0 Å². The zero-order valence-corrected chi connectivity index (χ0v) is 17.2. The van der Waals surface area contributed by atoms with E-state index in [1.807, 2.05) is 42.5 Å². The van der Waals surface area contributed by atoms with Crippen molar-refractivity contribution >= 4 is 76.2 Å². The standard InChI is InChI=1S/C20H10Br2ClN3/c21-13-6-3-7-14(22)16(13)20-25-18-11-5-2-1-4-10(11)17-12(19(18)26-20)8-9-15(23)24-17/h1-9,24H. The van der Waals surface area contributed by atoms with Crippen molar-refractivity contribution < 1.29 is 0 Å². The van der Waals surface area contributed by atoms with Crippen LogP contribution in [0.2, 0.25) is 5.15 Å². The Hall–Kier alpha value is -1.95. The van der Waals surface area contributed by atoms with Crippen LogP contribution in [0.25, 0.3) is 44.1 Å². The summed E-state index contributed by atoms with van der Waals surface area (Å²) in [5, 5.41) is 3.73. The predicted molar refractivity (Wildman–Crippen MR) is 115 cm³/mol. The number of aromatic nitrogens is 3. The number of hydrogen-bond donors (Lipinski definition) is 1. The van der Waals surface area contributed by atoms with Gasteiger partial charge in [0.1, 0.15) is 10.7 Å². The highest BCUT2D eigenvalue weighted by atomic mass is 79.9. The molecule has 6 heteroatoms. The first-order chi connectivity index (χ1) is 12.6. The largest absolute Gasteiger partial charge is 0.345 e. The number of aromatic amines is 1. The van der Waals surface area contributed by atoms with Gasteiger partial charge in [-0.15, -0.1) is 0 Å². The Bertz CT molecular complexity index is 1310. The smallest absolute Gasteiger partial charge is 0.162 e. The molecule has 26 heavy (non-hydrogen) atoms. The summed E-state index contributed by atoms with van der Waals surface area (Å²) in [5.41, 5.74) is 3.67. The summed E-state index contributed by atoms with van der Waals surface area (Å²) in [7, 11) is 0. The summed E-state index contributed by atoms with van der Waals surface area (Å²) in [4.78, 5) is 13.0. The van der Waals surface area contributed by atoms with Gasteiger partial charge < -0.3 is 4.98 Å². The van der Waals surface area contributed by atoms with Crippen LogP contribution in [-0.4, -0.2) is 15.0 Å². The molecule has 126 valence electrons. The SMILES string of the molecule is Clc1ccc2c3nc(-c4c(Br)cccc4Br)nc3c3ccccc3c2[nH]1.